The molecule has 1 aliphatic heterocycles. The van der Waals surface area contributed by atoms with Gasteiger partial charge in [-0.05, 0) is 36.6 Å². The first-order valence-electron chi connectivity index (χ1n) is 11.2. The summed E-state index contributed by atoms with van der Waals surface area (Å²) in [6, 6.07) is 11.8. The Morgan fingerprint density at radius 2 is 1.77 bits per heavy atom. The first-order valence-corrected chi connectivity index (χ1v) is 11.2. The number of para-hydroxylation sites is 1. The van der Waals surface area contributed by atoms with Gasteiger partial charge in [0.05, 0.1) is 12.8 Å². The number of ether oxygens (including phenoxy) is 1. The minimum absolute atomic E-state index is 0.317. The third-order valence-electron chi connectivity index (χ3n) is 6.48. The van der Waals surface area contributed by atoms with Gasteiger partial charge in [-0.2, -0.15) is 0 Å². The number of amides is 1. The van der Waals surface area contributed by atoms with Crippen LogP contribution in [0.2, 0.25) is 0 Å². The quantitative estimate of drug-likeness (QED) is 0.718. The molecule has 2 aliphatic rings. The number of piperazine rings is 1. The van der Waals surface area contributed by atoms with Crippen molar-refractivity contribution in [2.24, 2.45) is 5.92 Å². The molecule has 1 amide bonds. The van der Waals surface area contributed by atoms with Crippen LogP contribution >= 0.6 is 0 Å². The number of anilines is 1. The molecule has 1 saturated carbocycles. The van der Waals surface area contributed by atoms with E-state index in [9.17, 15) is 4.79 Å². The number of carbonyl (C=O) groups is 1. The molecule has 1 aromatic carbocycles. The molecule has 6 nitrogen and oxygen atoms in total. The van der Waals surface area contributed by atoms with Gasteiger partial charge in [0.15, 0.2) is 5.82 Å². The highest BCUT2D eigenvalue weighted by atomic mass is 16.5. The average Bonchev–Trinajstić information content (AvgIpc) is 2.83. The van der Waals surface area contributed by atoms with Crippen molar-refractivity contribution in [2.75, 3.05) is 38.2 Å². The highest BCUT2D eigenvalue weighted by Crippen LogP contribution is 2.29. The SMILES string of the molecule is COc1ccccc1-c1ccc(N2CCN(C(=O)CCC3CCCCC3)CC2)nn1. The Kier molecular flexibility index (Phi) is 6.82. The highest BCUT2D eigenvalue weighted by molar-refractivity contribution is 5.76. The van der Waals surface area contributed by atoms with Gasteiger partial charge < -0.3 is 14.5 Å². The van der Waals surface area contributed by atoms with E-state index in [1.165, 1.54) is 32.1 Å². The lowest BCUT2D eigenvalue weighted by Crippen LogP contribution is -2.49. The standard InChI is InChI=1S/C24H32N4O2/c1-30-22-10-6-5-9-20(22)21-12-13-23(26-25-21)27-15-17-28(18-16-27)24(29)14-11-19-7-3-2-4-8-19/h5-6,9-10,12-13,19H,2-4,7-8,11,14-18H2,1H3. The van der Waals surface area contributed by atoms with Crippen molar-refractivity contribution in [3.63, 3.8) is 0 Å². The number of benzene rings is 1. The lowest BCUT2D eigenvalue weighted by atomic mass is 9.86. The fourth-order valence-electron chi connectivity index (χ4n) is 4.64. The summed E-state index contributed by atoms with van der Waals surface area (Å²) in [5.41, 5.74) is 1.74. The largest absolute Gasteiger partial charge is 0.496 e. The van der Waals surface area contributed by atoms with Gasteiger partial charge in [-0.3, -0.25) is 4.79 Å². The minimum atomic E-state index is 0.317. The van der Waals surface area contributed by atoms with Crippen LogP contribution in [0.25, 0.3) is 11.3 Å². The molecule has 160 valence electrons. The summed E-state index contributed by atoms with van der Waals surface area (Å²) in [4.78, 5) is 16.8. The monoisotopic (exact) mass is 408 g/mol. The molecular weight excluding hydrogens is 376 g/mol. The van der Waals surface area contributed by atoms with E-state index < -0.39 is 0 Å². The Balaban J connectivity index is 1.29. The number of nitrogens with zero attached hydrogens (tertiary/aromatic N) is 4. The summed E-state index contributed by atoms with van der Waals surface area (Å²) in [6.45, 7) is 3.13. The van der Waals surface area contributed by atoms with Crippen molar-refractivity contribution in [3.05, 3.63) is 36.4 Å². The van der Waals surface area contributed by atoms with E-state index in [0.717, 1.165) is 61.3 Å². The normalized spacial score (nSPS) is 17.8. The molecule has 0 unspecified atom stereocenters. The molecule has 0 spiro atoms. The second-order valence-corrected chi connectivity index (χ2v) is 8.39. The van der Waals surface area contributed by atoms with Crippen molar-refractivity contribution >= 4 is 11.7 Å². The van der Waals surface area contributed by atoms with Crippen LogP contribution in [0.3, 0.4) is 0 Å². The van der Waals surface area contributed by atoms with E-state index >= 15 is 0 Å². The Labute approximate surface area is 179 Å². The third-order valence-corrected chi connectivity index (χ3v) is 6.48. The molecule has 0 radical (unpaired) electrons. The van der Waals surface area contributed by atoms with E-state index in [2.05, 4.69) is 15.1 Å². The Bertz CT molecular complexity index is 825. The van der Waals surface area contributed by atoms with Gasteiger partial charge in [0.1, 0.15) is 5.75 Å². The smallest absolute Gasteiger partial charge is 0.222 e. The molecule has 4 rings (SSSR count). The average molecular weight is 409 g/mol. The molecule has 2 fully saturated rings. The minimum Gasteiger partial charge on any atom is -0.496 e. The zero-order valence-corrected chi connectivity index (χ0v) is 17.9. The van der Waals surface area contributed by atoms with E-state index in [0.29, 0.717) is 12.3 Å². The fourth-order valence-corrected chi connectivity index (χ4v) is 4.64. The molecule has 0 atom stereocenters. The molecule has 2 heterocycles. The molecule has 1 aliphatic carbocycles. The van der Waals surface area contributed by atoms with E-state index in [4.69, 9.17) is 4.74 Å². The van der Waals surface area contributed by atoms with Crippen LogP contribution in [-0.2, 0) is 4.79 Å². The summed E-state index contributed by atoms with van der Waals surface area (Å²) < 4.78 is 5.42. The van der Waals surface area contributed by atoms with Gasteiger partial charge in [0, 0.05) is 38.2 Å². The van der Waals surface area contributed by atoms with Gasteiger partial charge in [-0.25, -0.2) is 0 Å². The zero-order valence-electron chi connectivity index (χ0n) is 17.9. The van der Waals surface area contributed by atoms with Gasteiger partial charge in [-0.1, -0.05) is 44.2 Å². The topological polar surface area (TPSA) is 58.6 Å². The second-order valence-electron chi connectivity index (χ2n) is 8.39. The van der Waals surface area contributed by atoms with Crippen LogP contribution in [0.4, 0.5) is 5.82 Å². The number of aromatic nitrogens is 2. The second kappa shape index (κ2) is 9.92. The van der Waals surface area contributed by atoms with E-state index in [-0.39, 0.29) is 0 Å². The van der Waals surface area contributed by atoms with Crippen LogP contribution in [0.1, 0.15) is 44.9 Å². The molecule has 0 N–H and O–H groups in total. The van der Waals surface area contributed by atoms with Crippen LogP contribution in [-0.4, -0.2) is 54.3 Å². The lowest BCUT2D eigenvalue weighted by Gasteiger charge is -2.35. The zero-order chi connectivity index (χ0) is 20.8. The van der Waals surface area contributed by atoms with Crippen LogP contribution < -0.4 is 9.64 Å². The summed E-state index contributed by atoms with van der Waals surface area (Å²) in [7, 11) is 1.66. The van der Waals surface area contributed by atoms with Gasteiger partial charge >= 0.3 is 0 Å². The number of carbonyl (C=O) groups excluding carboxylic acids is 1. The molecule has 1 aromatic heterocycles. The van der Waals surface area contributed by atoms with Crippen LogP contribution in [0, 0.1) is 5.92 Å². The Morgan fingerprint density at radius 3 is 2.47 bits per heavy atom. The van der Waals surface area contributed by atoms with Crippen molar-refractivity contribution < 1.29 is 9.53 Å². The first kappa shape index (κ1) is 20.6. The maximum atomic E-state index is 12.6. The maximum Gasteiger partial charge on any atom is 0.222 e. The molecule has 2 aromatic rings. The summed E-state index contributed by atoms with van der Waals surface area (Å²) >= 11 is 0. The molecule has 6 heteroatoms. The molecule has 1 saturated heterocycles. The number of rotatable bonds is 6. The van der Waals surface area contributed by atoms with Gasteiger partial charge in [-0.15, -0.1) is 10.2 Å². The van der Waals surface area contributed by atoms with Crippen molar-refractivity contribution in [1.82, 2.24) is 15.1 Å². The summed E-state index contributed by atoms with van der Waals surface area (Å²) in [6.07, 6.45) is 8.44. The van der Waals surface area contributed by atoms with Crippen LogP contribution in [0.5, 0.6) is 5.75 Å². The van der Waals surface area contributed by atoms with Crippen LogP contribution in [0.15, 0.2) is 36.4 Å². The molecule has 30 heavy (non-hydrogen) atoms. The number of hydrogen-bond donors (Lipinski definition) is 0. The highest BCUT2D eigenvalue weighted by Gasteiger charge is 2.23. The van der Waals surface area contributed by atoms with Gasteiger partial charge in [0.2, 0.25) is 5.91 Å². The summed E-state index contributed by atoms with van der Waals surface area (Å²) in [5.74, 6) is 2.74. The predicted molar refractivity (Wildman–Crippen MR) is 119 cm³/mol. The van der Waals surface area contributed by atoms with Gasteiger partial charge in [0.25, 0.3) is 0 Å². The van der Waals surface area contributed by atoms with Crippen molar-refractivity contribution in [2.45, 2.75) is 44.9 Å². The number of methoxy groups -OCH3 is 1. The predicted octanol–water partition coefficient (Wildman–Crippen LogP) is 4.16. The lowest BCUT2D eigenvalue weighted by molar-refractivity contribution is -0.131. The fraction of sp³-hybridized carbons (Fsp3) is 0.542. The van der Waals surface area contributed by atoms with E-state index in [1.54, 1.807) is 7.11 Å². The third kappa shape index (κ3) is 4.91. The summed E-state index contributed by atoms with van der Waals surface area (Å²) in [5, 5.41) is 8.85. The van der Waals surface area contributed by atoms with E-state index in [1.807, 2.05) is 41.3 Å². The Hall–Kier alpha value is -2.63. The molecular formula is C24H32N4O2. The Morgan fingerprint density at radius 1 is 1.00 bits per heavy atom. The molecule has 0 bridgehead atoms. The van der Waals surface area contributed by atoms with Crippen molar-refractivity contribution in [1.29, 1.82) is 0 Å². The maximum absolute atomic E-state index is 12.6. The number of hydrogen-bond acceptors (Lipinski definition) is 5. The first-order chi connectivity index (χ1) is 14.7. The van der Waals surface area contributed by atoms with Crippen molar-refractivity contribution in [3.8, 4) is 17.0 Å².